The highest BCUT2D eigenvalue weighted by molar-refractivity contribution is 7.19. The maximum absolute atomic E-state index is 14.7. The van der Waals surface area contributed by atoms with Gasteiger partial charge in [0.05, 0.1) is 31.2 Å². The van der Waals surface area contributed by atoms with Crippen molar-refractivity contribution in [3.8, 4) is 0 Å². The number of morpholine rings is 1. The summed E-state index contributed by atoms with van der Waals surface area (Å²) >= 11 is 8.20. The average Bonchev–Trinajstić information content (AvgIpc) is 3.37. The predicted molar refractivity (Wildman–Crippen MR) is 132 cm³/mol. The van der Waals surface area contributed by atoms with Gasteiger partial charge in [-0.15, -0.1) is 11.3 Å². The predicted octanol–water partition coefficient (Wildman–Crippen LogP) is 4.52. The van der Waals surface area contributed by atoms with Crippen LogP contribution in [-0.4, -0.2) is 66.7 Å². The van der Waals surface area contributed by atoms with Gasteiger partial charge in [-0.05, 0) is 51.1 Å². The third-order valence-electron chi connectivity index (χ3n) is 6.50. The minimum atomic E-state index is -0.291. The van der Waals surface area contributed by atoms with Gasteiger partial charge in [0, 0.05) is 35.1 Å². The van der Waals surface area contributed by atoms with Gasteiger partial charge in [0.25, 0.3) is 0 Å². The summed E-state index contributed by atoms with van der Waals surface area (Å²) in [6.45, 7) is 4.45. The molecule has 3 heterocycles. The summed E-state index contributed by atoms with van der Waals surface area (Å²) in [5, 5.41) is 5.13. The van der Waals surface area contributed by atoms with Crippen molar-refractivity contribution in [2.24, 2.45) is 0 Å². The van der Waals surface area contributed by atoms with Gasteiger partial charge in [0.2, 0.25) is 0 Å². The Labute approximate surface area is 202 Å². The largest absolute Gasteiger partial charge is 0.379 e. The van der Waals surface area contributed by atoms with Gasteiger partial charge >= 0.3 is 0 Å². The highest BCUT2D eigenvalue weighted by Crippen LogP contribution is 2.40. The average molecular weight is 490 g/mol. The normalized spacial score (nSPS) is 17.6. The highest BCUT2D eigenvalue weighted by Gasteiger charge is 2.25. The van der Waals surface area contributed by atoms with Gasteiger partial charge in [-0.3, -0.25) is 4.90 Å². The van der Waals surface area contributed by atoms with Gasteiger partial charge in [-0.2, -0.15) is 0 Å². The van der Waals surface area contributed by atoms with Gasteiger partial charge in [-0.25, -0.2) is 14.4 Å². The molecule has 0 bridgehead atoms. The zero-order chi connectivity index (χ0) is 22.9. The van der Waals surface area contributed by atoms with Crippen LogP contribution in [0.3, 0.4) is 0 Å². The fourth-order valence-corrected chi connectivity index (χ4v) is 6.33. The first-order valence-corrected chi connectivity index (χ1v) is 12.7. The van der Waals surface area contributed by atoms with Crippen molar-refractivity contribution in [2.45, 2.75) is 31.8 Å². The number of nitrogens with zero attached hydrogens (tertiary/aromatic N) is 4. The van der Waals surface area contributed by atoms with Crippen molar-refractivity contribution in [1.82, 2.24) is 19.8 Å². The fraction of sp³-hybridized carbons (Fsp3) is 0.500. The molecule has 0 radical (unpaired) electrons. The number of anilines is 1. The second-order valence-corrected chi connectivity index (χ2v) is 10.4. The lowest BCUT2D eigenvalue weighted by Gasteiger charge is -2.27. The Balaban J connectivity index is 1.47. The number of rotatable bonds is 7. The van der Waals surface area contributed by atoms with E-state index in [4.69, 9.17) is 26.3 Å². The van der Waals surface area contributed by atoms with Gasteiger partial charge in [0.1, 0.15) is 22.3 Å². The summed E-state index contributed by atoms with van der Waals surface area (Å²) < 4.78 is 20.2. The van der Waals surface area contributed by atoms with Crippen LogP contribution in [0.15, 0.2) is 18.2 Å². The lowest BCUT2D eigenvalue weighted by molar-refractivity contribution is 0.0331. The second kappa shape index (κ2) is 9.80. The molecule has 6 nitrogen and oxygen atoms in total. The highest BCUT2D eigenvalue weighted by atomic mass is 35.5. The van der Waals surface area contributed by atoms with E-state index < -0.39 is 0 Å². The van der Waals surface area contributed by atoms with Crippen LogP contribution in [-0.2, 0) is 24.1 Å². The second-order valence-electron chi connectivity index (χ2n) is 8.91. The monoisotopic (exact) mass is 489 g/mol. The number of halogens is 2. The van der Waals surface area contributed by atoms with E-state index in [1.807, 2.05) is 19.0 Å². The van der Waals surface area contributed by atoms with E-state index in [0.717, 1.165) is 61.0 Å². The van der Waals surface area contributed by atoms with E-state index in [2.05, 4.69) is 10.2 Å². The van der Waals surface area contributed by atoms with Gasteiger partial charge in [-0.1, -0.05) is 17.7 Å². The Bertz CT molecular complexity index is 1130. The van der Waals surface area contributed by atoms with E-state index in [9.17, 15) is 4.39 Å². The van der Waals surface area contributed by atoms with Crippen molar-refractivity contribution >= 4 is 39.0 Å². The van der Waals surface area contributed by atoms with Gasteiger partial charge in [0.15, 0.2) is 0 Å². The third-order valence-corrected chi connectivity index (χ3v) is 8.01. The van der Waals surface area contributed by atoms with Crippen LogP contribution in [0.4, 0.5) is 10.2 Å². The van der Waals surface area contributed by atoms with Crippen molar-refractivity contribution in [3.63, 3.8) is 0 Å². The molecule has 1 aliphatic heterocycles. The smallest absolute Gasteiger partial charge is 0.146 e. The zero-order valence-electron chi connectivity index (χ0n) is 19.0. The molecule has 1 aromatic carbocycles. The minimum Gasteiger partial charge on any atom is -0.379 e. The number of nitrogens with one attached hydrogen (secondary N) is 1. The first-order valence-electron chi connectivity index (χ1n) is 11.5. The molecular formula is C24H29ClFN5OS. The number of ether oxygens (including phenoxy) is 1. The molecule has 2 aromatic heterocycles. The Hall–Kier alpha value is -1.84. The van der Waals surface area contributed by atoms with E-state index in [-0.39, 0.29) is 11.9 Å². The summed E-state index contributed by atoms with van der Waals surface area (Å²) in [4.78, 5) is 16.7. The number of thiophene rings is 1. The van der Waals surface area contributed by atoms with E-state index in [1.165, 1.54) is 22.9 Å². The maximum atomic E-state index is 14.7. The molecule has 33 heavy (non-hydrogen) atoms. The van der Waals surface area contributed by atoms with Gasteiger partial charge < -0.3 is 15.0 Å². The van der Waals surface area contributed by atoms with E-state index in [1.54, 1.807) is 23.5 Å². The fourth-order valence-electron chi connectivity index (χ4n) is 4.76. The molecule has 3 aromatic rings. The molecule has 0 amide bonds. The molecule has 1 atom stereocenters. The van der Waals surface area contributed by atoms with Crippen LogP contribution in [0.5, 0.6) is 0 Å². The van der Waals surface area contributed by atoms with Crippen LogP contribution in [0.25, 0.3) is 10.2 Å². The Morgan fingerprint density at radius 3 is 2.82 bits per heavy atom. The standard InChI is InChI=1S/C24H29ClFN5OS/c1-30(2)18(22-16(25)6-4-7-17(22)26)13-27-23-21-15-5-3-8-19(15)33-24(21)29-20(28-23)14-31-9-11-32-12-10-31/h4,6-7,18H,3,5,8-14H2,1-2H3,(H,27,28,29). The number of hydrogen-bond donors (Lipinski definition) is 1. The van der Waals surface area contributed by atoms with Crippen LogP contribution in [0.2, 0.25) is 5.02 Å². The number of benzene rings is 1. The first-order chi connectivity index (χ1) is 16.0. The number of fused-ring (bicyclic) bond motifs is 3. The number of likely N-dealkylation sites (N-methyl/N-ethyl adjacent to an activating group) is 1. The molecule has 1 unspecified atom stereocenters. The molecule has 176 valence electrons. The van der Waals surface area contributed by atoms with Crippen molar-refractivity contribution in [3.05, 3.63) is 50.9 Å². The first kappa shape index (κ1) is 22.9. The molecule has 1 fully saturated rings. The molecule has 5 rings (SSSR count). The van der Waals surface area contributed by atoms with Crippen LogP contribution in [0.1, 0.15) is 34.3 Å². The van der Waals surface area contributed by atoms with Crippen molar-refractivity contribution in [2.75, 3.05) is 52.3 Å². The molecule has 2 aliphatic rings. The molecule has 1 saturated heterocycles. The van der Waals surface area contributed by atoms with Crippen molar-refractivity contribution < 1.29 is 9.13 Å². The molecule has 0 saturated carbocycles. The molecule has 9 heteroatoms. The third kappa shape index (κ3) is 4.72. The Morgan fingerprint density at radius 2 is 2.06 bits per heavy atom. The summed E-state index contributed by atoms with van der Waals surface area (Å²) in [7, 11) is 3.88. The SMILES string of the molecule is CN(C)C(CNc1nc(CN2CCOCC2)nc2sc3c(c12)CCC3)c1c(F)cccc1Cl. The lowest BCUT2D eigenvalue weighted by atomic mass is 10.0. The quantitative estimate of drug-likeness (QED) is 0.526. The van der Waals surface area contributed by atoms with Crippen molar-refractivity contribution in [1.29, 1.82) is 0 Å². The lowest BCUT2D eigenvalue weighted by Crippen LogP contribution is -2.36. The van der Waals surface area contributed by atoms with Crippen LogP contribution >= 0.6 is 22.9 Å². The zero-order valence-corrected chi connectivity index (χ0v) is 20.6. The Kier molecular flexibility index (Phi) is 6.81. The van der Waals surface area contributed by atoms with Crippen LogP contribution in [0, 0.1) is 5.82 Å². The topological polar surface area (TPSA) is 53.5 Å². The molecular weight excluding hydrogens is 461 g/mol. The minimum absolute atomic E-state index is 0.238. The summed E-state index contributed by atoms with van der Waals surface area (Å²) in [5.41, 5.74) is 1.88. The summed E-state index contributed by atoms with van der Waals surface area (Å²) in [5.74, 6) is 1.37. The van der Waals surface area contributed by atoms with E-state index in [0.29, 0.717) is 23.7 Å². The Morgan fingerprint density at radius 1 is 1.24 bits per heavy atom. The maximum Gasteiger partial charge on any atom is 0.146 e. The number of hydrogen-bond acceptors (Lipinski definition) is 7. The summed E-state index contributed by atoms with van der Waals surface area (Å²) in [6, 6.07) is 4.61. The number of aromatic nitrogens is 2. The molecule has 1 N–H and O–H groups in total. The number of aryl methyl sites for hydroxylation is 2. The summed E-state index contributed by atoms with van der Waals surface area (Å²) in [6.07, 6.45) is 3.35. The van der Waals surface area contributed by atoms with E-state index >= 15 is 0 Å². The molecule has 1 aliphatic carbocycles. The molecule has 0 spiro atoms. The van der Waals surface area contributed by atoms with Crippen LogP contribution < -0.4 is 5.32 Å².